The van der Waals surface area contributed by atoms with Crippen LogP contribution in [-0.2, 0) is 4.74 Å². The highest BCUT2D eigenvalue weighted by molar-refractivity contribution is 5.87. The van der Waals surface area contributed by atoms with Crippen LogP contribution in [0.15, 0.2) is 24.3 Å². The molecule has 1 heterocycles. The number of nitrogens with zero attached hydrogens (tertiary/aromatic N) is 1. The van der Waals surface area contributed by atoms with E-state index < -0.39 is 11.6 Å². The lowest BCUT2D eigenvalue weighted by molar-refractivity contribution is 0.0292. The summed E-state index contributed by atoms with van der Waals surface area (Å²) in [4.78, 5) is 24.6. The molecule has 5 heteroatoms. The molecular formula is C16H21NO4. The first-order chi connectivity index (χ1) is 9.76. The number of carboxylic acid groups (broad SMARTS) is 1. The molecule has 0 unspecified atom stereocenters. The Morgan fingerprint density at radius 1 is 1.24 bits per heavy atom. The number of carbonyl (C=O) groups is 2. The van der Waals surface area contributed by atoms with Crippen molar-refractivity contribution in [2.45, 2.75) is 38.7 Å². The van der Waals surface area contributed by atoms with Crippen molar-refractivity contribution in [1.29, 1.82) is 0 Å². The second-order valence-corrected chi connectivity index (χ2v) is 6.34. The van der Waals surface area contributed by atoms with Crippen LogP contribution in [0.5, 0.6) is 0 Å². The molecule has 0 aliphatic carbocycles. The Labute approximate surface area is 124 Å². The quantitative estimate of drug-likeness (QED) is 0.909. The Balaban J connectivity index is 1.99. The monoisotopic (exact) mass is 291 g/mol. The average molecular weight is 291 g/mol. The fraction of sp³-hybridized carbons (Fsp3) is 0.500. The zero-order chi connectivity index (χ0) is 15.6. The predicted octanol–water partition coefficient (Wildman–Crippen LogP) is 3.11. The number of hydrogen-bond acceptors (Lipinski definition) is 3. The third kappa shape index (κ3) is 3.97. The second-order valence-electron chi connectivity index (χ2n) is 6.34. The predicted molar refractivity (Wildman–Crippen MR) is 78.6 cm³/mol. The van der Waals surface area contributed by atoms with Crippen molar-refractivity contribution < 1.29 is 19.4 Å². The molecular weight excluding hydrogens is 270 g/mol. The lowest BCUT2D eigenvalue weighted by atomic mass is 9.97. The number of carbonyl (C=O) groups excluding carboxylic acids is 1. The van der Waals surface area contributed by atoms with Gasteiger partial charge in [-0.05, 0) is 44.9 Å². The molecule has 1 atom stereocenters. The van der Waals surface area contributed by atoms with Crippen molar-refractivity contribution in [2.24, 2.45) is 0 Å². The van der Waals surface area contributed by atoms with Crippen molar-refractivity contribution in [1.82, 2.24) is 4.90 Å². The van der Waals surface area contributed by atoms with Gasteiger partial charge in [0, 0.05) is 19.0 Å². The first-order valence-corrected chi connectivity index (χ1v) is 7.07. The largest absolute Gasteiger partial charge is 0.478 e. The Kier molecular flexibility index (Phi) is 4.21. The molecule has 2 rings (SSSR count). The van der Waals surface area contributed by atoms with Gasteiger partial charge in [0.2, 0.25) is 0 Å². The molecule has 0 saturated carbocycles. The van der Waals surface area contributed by atoms with E-state index in [9.17, 15) is 9.59 Å². The number of hydrogen-bond donors (Lipinski definition) is 1. The van der Waals surface area contributed by atoms with E-state index in [1.54, 1.807) is 17.0 Å². The van der Waals surface area contributed by atoms with Gasteiger partial charge >= 0.3 is 12.1 Å². The first-order valence-electron chi connectivity index (χ1n) is 7.07. The number of aromatic carboxylic acids is 1. The smallest absolute Gasteiger partial charge is 0.410 e. The Hall–Kier alpha value is -2.04. The summed E-state index contributed by atoms with van der Waals surface area (Å²) in [5, 5.41) is 8.89. The van der Waals surface area contributed by atoms with Crippen molar-refractivity contribution in [2.75, 3.05) is 13.1 Å². The molecule has 0 aromatic heterocycles. The maximum Gasteiger partial charge on any atom is 0.410 e. The van der Waals surface area contributed by atoms with Gasteiger partial charge in [-0.3, -0.25) is 0 Å². The number of amides is 1. The van der Waals surface area contributed by atoms with Gasteiger partial charge in [-0.25, -0.2) is 9.59 Å². The molecule has 0 bridgehead atoms. The SMILES string of the molecule is CC(C)(C)OC(=O)N1CC[C@@H](c2ccc(C(=O)O)cc2)C1. The molecule has 5 nitrogen and oxygen atoms in total. The number of benzene rings is 1. The van der Waals surface area contributed by atoms with Crippen LogP contribution >= 0.6 is 0 Å². The lowest BCUT2D eigenvalue weighted by Gasteiger charge is -2.24. The van der Waals surface area contributed by atoms with Gasteiger partial charge in [0.1, 0.15) is 5.60 Å². The van der Waals surface area contributed by atoms with E-state index in [2.05, 4.69) is 0 Å². The number of likely N-dealkylation sites (tertiary alicyclic amines) is 1. The normalized spacial score (nSPS) is 18.6. The van der Waals surface area contributed by atoms with Gasteiger partial charge in [-0.1, -0.05) is 12.1 Å². The fourth-order valence-electron chi connectivity index (χ4n) is 2.42. The van der Waals surface area contributed by atoms with E-state index in [1.807, 2.05) is 32.9 Å². The zero-order valence-electron chi connectivity index (χ0n) is 12.6. The summed E-state index contributed by atoms with van der Waals surface area (Å²) in [7, 11) is 0. The molecule has 0 radical (unpaired) electrons. The zero-order valence-corrected chi connectivity index (χ0v) is 12.6. The summed E-state index contributed by atoms with van der Waals surface area (Å²) in [6.45, 7) is 6.83. The third-order valence-corrected chi connectivity index (χ3v) is 3.47. The first kappa shape index (κ1) is 15.4. The molecule has 1 N–H and O–H groups in total. The Morgan fingerprint density at radius 2 is 1.86 bits per heavy atom. The molecule has 1 aromatic rings. The van der Waals surface area contributed by atoms with Gasteiger partial charge in [-0.2, -0.15) is 0 Å². The molecule has 0 spiro atoms. The van der Waals surface area contributed by atoms with Crippen LogP contribution in [0.25, 0.3) is 0 Å². The molecule has 1 aliphatic rings. The van der Waals surface area contributed by atoms with Crippen LogP contribution in [-0.4, -0.2) is 40.8 Å². The van der Waals surface area contributed by atoms with Gasteiger partial charge in [0.25, 0.3) is 0 Å². The molecule has 1 fully saturated rings. The number of rotatable bonds is 2. The van der Waals surface area contributed by atoms with E-state index >= 15 is 0 Å². The third-order valence-electron chi connectivity index (χ3n) is 3.47. The summed E-state index contributed by atoms with van der Waals surface area (Å²) >= 11 is 0. The maximum atomic E-state index is 12.0. The second kappa shape index (κ2) is 5.76. The highest BCUT2D eigenvalue weighted by Gasteiger charge is 2.30. The summed E-state index contributed by atoms with van der Waals surface area (Å²) in [5.74, 6) is -0.691. The number of ether oxygens (including phenoxy) is 1. The average Bonchev–Trinajstić information content (AvgIpc) is 2.86. The van der Waals surface area contributed by atoms with Gasteiger partial charge in [0.05, 0.1) is 5.56 Å². The van der Waals surface area contributed by atoms with Gasteiger partial charge < -0.3 is 14.7 Å². The highest BCUT2D eigenvalue weighted by atomic mass is 16.6. The molecule has 1 aliphatic heterocycles. The van der Waals surface area contributed by atoms with E-state index in [0.29, 0.717) is 13.1 Å². The lowest BCUT2D eigenvalue weighted by Crippen LogP contribution is -2.35. The van der Waals surface area contributed by atoms with Gasteiger partial charge in [-0.15, -0.1) is 0 Å². The van der Waals surface area contributed by atoms with Crippen molar-refractivity contribution in [3.05, 3.63) is 35.4 Å². The van der Waals surface area contributed by atoms with Crippen LogP contribution in [0.4, 0.5) is 4.79 Å². The molecule has 1 amide bonds. The maximum absolute atomic E-state index is 12.0. The standard InChI is InChI=1S/C16H21NO4/c1-16(2,3)21-15(20)17-9-8-13(10-17)11-4-6-12(7-5-11)14(18)19/h4-7,13H,8-10H2,1-3H3,(H,18,19)/t13-/m1/s1. The minimum Gasteiger partial charge on any atom is -0.478 e. The van der Waals surface area contributed by atoms with Crippen LogP contribution in [0, 0.1) is 0 Å². The van der Waals surface area contributed by atoms with E-state index in [-0.39, 0.29) is 17.6 Å². The van der Waals surface area contributed by atoms with Crippen LogP contribution in [0.1, 0.15) is 49.0 Å². The molecule has 1 saturated heterocycles. The van der Waals surface area contributed by atoms with Crippen molar-refractivity contribution >= 4 is 12.1 Å². The minimum absolute atomic E-state index is 0.236. The summed E-state index contributed by atoms with van der Waals surface area (Å²) < 4.78 is 5.37. The highest BCUT2D eigenvalue weighted by Crippen LogP contribution is 2.28. The summed E-state index contributed by atoms with van der Waals surface area (Å²) in [6, 6.07) is 6.86. The Morgan fingerprint density at radius 3 is 2.38 bits per heavy atom. The summed E-state index contributed by atoms with van der Waals surface area (Å²) in [6.07, 6.45) is 0.582. The molecule has 21 heavy (non-hydrogen) atoms. The van der Waals surface area contributed by atoms with Crippen molar-refractivity contribution in [3.63, 3.8) is 0 Å². The van der Waals surface area contributed by atoms with E-state index in [1.165, 1.54) is 0 Å². The summed E-state index contributed by atoms with van der Waals surface area (Å²) in [5.41, 5.74) is 0.852. The fourth-order valence-corrected chi connectivity index (χ4v) is 2.42. The van der Waals surface area contributed by atoms with Crippen LogP contribution < -0.4 is 0 Å². The molecule has 114 valence electrons. The Bertz CT molecular complexity index is 530. The van der Waals surface area contributed by atoms with Crippen molar-refractivity contribution in [3.8, 4) is 0 Å². The van der Waals surface area contributed by atoms with E-state index in [0.717, 1.165) is 12.0 Å². The van der Waals surface area contributed by atoms with Gasteiger partial charge in [0.15, 0.2) is 0 Å². The van der Waals surface area contributed by atoms with Crippen LogP contribution in [0.2, 0.25) is 0 Å². The minimum atomic E-state index is -0.927. The topological polar surface area (TPSA) is 66.8 Å². The van der Waals surface area contributed by atoms with Crippen LogP contribution in [0.3, 0.4) is 0 Å². The van der Waals surface area contributed by atoms with E-state index in [4.69, 9.17) is 9.84 Å². The molecule has 1 aromatic carbocycles. The number of carboxylic acids is 1.